The van der Waals surface area contributed by atoms with E-state index in [1.165, 1.54) is 12.3 Å². The number of sulfone groups is 1. The molecule has 0 bridgehead atoms. The maximum Gasteiger partial charge on any atom is 0.175 e. The summed E-state index contributed by atoms with van der Waals surface area (Å²) in [6.07, 6.45) is 2.96. The standard InChI is InChI=1S/C11H15ClN2O2S/c1-17(15,16)9-2-3-10(12)11(6-9)14-8-4-7(13)5-8/h2-3,6-8,14H,4-5,13H2,1H3. The van der Waals surface area contributed by atoms with Crippen molar-refractivity contribution in [1.29, 1.82) is 0 Å². The van der Waals surface area contributed by atoms with Crippen LogP contribution in [-0.2, 0) is 9.84 Å². The third kappa shape index (κ3) is 2.91. The summed E-state index contributed by atoms with van der Waals surface area (Å²) < 4.78 is 22.9. The van der Waals surface area contributed by atoms with Gasteiger partial charge >= 0.3 is 0 Å². The first kappa shape index (κ1) is 12.7. The van der Waals surface area contributed by atoms with Crippen molar-refractivity contribution in [2.45, 2.75) is 29.8 Å². The fraction of sp³-hybridized carbons (Fsp3) is 0.455. The first-order chi connectivity index (χ1) is 7.86. The lowest BCUT2D eigenvalue weighted by Gasteiger charge is -2.34. The van der Waals surface area contributed by atoms with E-state index in [2.05, 4.69) is 5.32 Å². The molecule has 1 aliphatic rings. The second-order valence-corrected chi connectivity index (χ2v) is 6.91. The fourth-order valence-corrected chi connectivity index (χ4v) is 2.66. The summed E-state index contributed by atoms with van der Waals surface area (Å²) in [5.41, 5.74) is 6.35. The number of halogens is 1. The Labute approximate surface area is 106 Å². The molecule has 6 heteroatoms. The van der Waals surface area contributed by atoms with E-state index in [1.807, 2.05) is 0 Å². The molecule has 0 aromatic heterocycles. The maximum atomic E-state index is 11.4. The molecule has 1 aromatic carbocycles. The van der Waals surface area contributed by atoms with E-state index >= 15 is 0 Å². The van der Waals surface area contributed by atoms with Gasteiger partial charge in [0.2, 0.25) is 0 Å². The van der Waals surface area contributed by atoms with Crippen molar-refractivity contribution in [3.05, 3.63) is 23.2 Å². The number of hydrogen-bond acceptors (Lipinski definition) is 4. The van der Waals surface area contributed by atoms with E-state index in [0.29, 0.717) is 10.7 Å². The van der Waals surface area contributed by atoms with Crippen LogP contribution in [0, 0.1) is 0 Å². The summed E-state index contributed by atoms with van der Waals surface area (Å²) in [5, 5.41) is 3.74. The Bertz CT molecular complexity index is 524. The smallest absolute Gasteiger partial charge is 0.175 e. The van der Waals surface area contributed by atoms with Gasteiger partial charge in [0.15, 0.2) is 9.84 Å². The lowest BCUT2D eigenvalue weighted by atomic mass is 9.87. The van der Waals surface area contributed by atoms with Gasteiger partial charge in [0.1, 0.15) is 0 Å². The van der Waals surface area contributed by atoms with Gasteiger partial charge in [-0.2, -0.15) is 0 Å². The van der Waals surface area contributed by atoms with Crippen molar-refractivity contribution >= 4 is 27.1 Å². The molecule has 0 atom stereocenters. The van der Waals surface area contributed by atoms with Gasteiger partial charge in [0, 0.05) is 18.3 Å². The highest BCUT2D eigenvalue weighted by molar-refractivity contribution is 7.90. The fourth-order valence-electron chi connectivity index (χ4n) is 1.85. The van der Waals surface area contributed by atoms with Gasteiger partial charge < -0.3 is 11.1 Å². The molecule has 1 fully saturated rings. The second kappa shape index (κ2) is 4.48. The van der Waals surface area contributed by atoms with E-state index in [9.17, 15) is 8.42 Å². The van der Waals surface area contributed by atoms with Crippen molar-refractivity contribution < 1.29 is 8.42 Å². The summed E-state index contributed by atoms with van der Waals surface area (Å²) >= 11 is 6.02. The lowest BCUT2D eigenvalue weighted by molar-refractivity contribution is 0.373. The predicted molar refractivity (Wildman–Crippen MR) is 69.2 cm³/mol. The second-order valence-electron chi connectivity index (χ2n) is 4.49. The third-order valence-corrected chi connectivity index (χ3v) is 4.34. The van der Waals surface area contributed by atoms with Gasteiger partial charge in [0.25, 0.3) is 0 Å². The first-order valence-corrected chi connectivity index (χ1v) is 7.65. The highest BCUT2D eigenvalue weighted by atomic mass is 35.5. The summed E-state index contributed by atoms with van der Waals surface area (Å²) in [6, 6.07) is 5.21. The van der Waals surface area contributed by atoms with Crippen LogP contribution >= 0.6 is 11.6 Å². The molecular formula is C11H15ClN2O2S. The molecule has 0 unspecified atom stereocenters. The quantitative estimate of drug-likeness (QED) is 0.879. The van der Waals surface area contributed by atoms with E-state index in [-0.39, 0.29) is 17.0 Å². The molecular weight excluding hydrogens is 260 g/mol. The van der Waals surface area contributed by atoms with Gasteiger partial charge in [0.05, 0.1) is 15.6 Å². The average molecular weight is 275 g/mol. The minimum Gasteiger partial charge on any atom is -0.381 e. The van der Waals surface area contributed by atoms with Gasteiger partial charge in [-0.1, -0.05) is 11.6 Å². The Morgan fingerprint density at radius 2 is 2.06 bits per heavy atom. The van der Waals surface area contributed by atoms with Crippen LogP contribution < -0.4 is 11.1 Å². The van der Waals surface area contributed by atoms with Crippen LogP contribution in [0.4, 0.5) is 5.69 Å². The van der Waals surface area contributed by atoms with Gasteiger partial charge in [-0.05, 0) is 31.0 Å². The highest BCUT2D eigenvalue weighted by Crippen LogP contribution is 2.29. The number of anilines is 1. The Balaban J connectivity index is 2.21. The van der Waals surface area contributed by atoms with Gasteiger partial charge in [-0.15, -0.1) is 0 Å². The Morgan fingerprint density at radius 3 is 2.59 bits per heavy atom. The van der Waals surface area contributed by atoms with Crippen LogP contribution in [0.15, 0.2) is 23.1 Å². The molecule has 17 heavy (non-hydrogen) atoms. The third-order valence-electron chi connectivity index (χ3n) is 2.90. The molecule has 1 aliphatic carbocycles. The highest BCUT2D eigenvalue weighted by Gasteiger charge is 2.26. The predicted octanol–water partition coefficient (Wildman–Crippen LogP) is 1.65. The molecule has 4 nitrogen and oxygen atoms in total. The molecule has 0 saturated heterocycles. The summed E-state index contributed by atoms with van der Waals surface area (Å²) in [6.45, 7) is 0. The molecule has 3 N–H and O–H groups in total. The zero-order valence-corrected chi connectivity index (χ0v) is 11.1. The van der Waals surface area contributed by atoms with E-state index in [4.69, 9.17) is 17.3 Å². The van der Waals surface area contributed by atoms with E-state index in [1.54, 1.807) is 12.1 Å². The minimum atomic E-state index is -3.20. The lowest BCUT2D eigenvalue weighted by Crippen LogP contribution is -2.44. The molecule has 0 spiro atoms. The van der Waals surface area contributed by atoms with E-state index in [0.717, 1.165) is 12.8 Å². The zero-order valence-electron chi connectivity index (χ0n) is 9.48. The molecule has 0 radical (unpaired) electrons. The van der Waals surface area contributed by atoms with Crippen LogP contribution in [0.2, 0.25) is 5.02 Å². The summed E-state index contributed by atoms with van der Waals surface area (Å²) in [5.74, 6) is 0. The molecule has 0 amide bonds. The van der Waals surface area contributed by atoms with Crippen molar-refractivity contribution in [3.63, 3.8) is 0 Å². The number of rotatable bonds is 3. The monoisotopic (exact) mass is 274 g/mol. The SMILES string of the molecule is CS(=O)(=O)c1ccc(Cl)c(NC2CC(N)C2)c1. The largest absolute Gasteiger partial charge is 0.381 e. The van der Waals surface area contributed by atoms with Crippen molar-refractivity contribution in [1.82, 2.24) is 0 Å². The average Bonchev–Trinajstić information content (AvgIpc) is 2.17. The zero-order chi connectivity index (χ0) is 12.6. The normalized spacial score (nSPS) is 24.2. The number of nitrogens with two attached hydrogens (primary N) is 1. The van der Waals surface area contributed by atoms with Crippen LogP contribution in [0.25, 0.3) is 0 Å². The first-order valence-electron chi connectivity index (χ1n) is 5.38. The van der Waals surface area contributed by atoms with Gasteiger partial charge in [-0.25, -0.2) is 8.42 Å². The molecule has 2 rings (SSSR count). The van der Waals surface area contributed by atoms with Crippen LogP contribution in [0.5, 0.6) is 0 Å². The molecule has 0 heterocycles. The van der Waals surface area contributed by atoms with Crippen molar-refractivity contribution in [3.8, 4) is 0 Å². The van der Waals surface area contributed by atoms with Crippen LogP contribution in [0.1, 0.15) is 12.8 Å². The minimum absolute atomic E-state index is 0.240. The molecule has 1 aromatic rings. The molecule has 0 aliphatic heterocycles. The summed E-state index contributed by atoms with van der Waals surface area (Å²) in [4.78, 5) is 0.271. The number of benzene rings is 1. The van der Waals surface area contributed by atoms with E-state index < -0.39 is 9.84 Å². The number of nitrogens with one attached hydrogen (secondary N) is 1. The topological polar surface area (TPSA) is 72.2 Å². The Morgan fingerprint density at radius 1 is 1.41 bits per heavy atom. The van der Waals surface area contributed by atoms with Crippen LogP contribution in [-0.4, -0.2) is 26.8 Å². The molecule has 1 saturated carbocycles. The Kier molecular flexibility index (Phi) is 3.34. The Hall–Kier alpha value is -0.780. The number of hydrogen-bond donors (Lipinski definition) is 2. The van der Waals surface area contributed by atoms with Crippen LogP contribution in [0.3, 0.4) is 0 Å². The van der Waals surface area contributed by atoms with Gasteiger partial charge in [-0.3, -0.25) is 0 Å². The van der Waals surface area contributed by atoms with Crippen molar-refractivity contribution in [2.24, 2.45) is 5.73 Å². The maximum absolute atomic E-state index is 11.4. The molecule has 94 valence electrons. The van der Waals surface area contributed by atoms with Crippen molar-refractivity contribution in [2.75, 3.05) is 11.6 Å². The summed E-state index contributed by atoms with van der Waals surface area (Å²) in [7, 11) is -3.20.